The first-order valence-electron chi connectivity index (χ1n) is 10.7. The normalized spacial score (nSPS) is 14.3. The molecule has 1 aromatic heterocycles. The van der Waals surface area contributed by atoms with Gasteiger partial charge in [0.25, 0.3) is 0 Å². The number of sulfonamides is 1. The molecule has 0 spiro atoms. The van der Waals surface area contributed by atoms with E-state index < -0.39 is 15.8 Å². The molecule has 1 aliphatic heterocycles. The molecule has 0 aliphatic carbocycles. The molecule has 0 N–H and O–H groups in total. The lowest BCUT2D eigenvalue weighted by Gasteiger charge is -2.23. The minimum absolute atomic E-state index is 0.0200. The highest BCUT2D eigenvalue weighted by molar-refractivity contribution is 7.89. The highest BCUT2D eigenvalue weighted by atomic mass is 32.2. The summed E-state index contributed by atoms with van der Waals surface area (Å²) < 4.78 is 47.5. The zero-order valence-electron chi connectivity index (χ0n) is 18.0. The molecule has 5 nitrogen and oxygen atoms in total. The Labute approximate surface area is 193 Å². The maximum Gasteiger partial charge on any atom is 0.243 e. The fraction of sp³-hybridized carbons (Fsp3) is 0.333. The van der Waals surface area contributed by atoms with Gasteiger partial charge >= 0.3 is 0 Å². The fourth-order valence-corrected chi connectivity index (χ4v) is 6.06. The molecule has 0 amide bonds. The summed E-state index contributed by atoms with van der Waals surface area (Å²) in [6, 6.07) is 15.8. The molecule has 1 saturated heterocycles. The van der Waals surface area contributed by atoms with Crippen molar-refractivity contribution in [3.8, 4) is 5.75 Å². The van der Waals surface area contributed by atoms with Crippen molar-refractivity contribution in [2.75, 3.05) is 31.6 Å². The molecule has 0 atom stereocenters. The third-order valence-electron chi connectivity index (χ3n) is 5.72. The smallest absolute Gasteiger partial charge is 0.243 e. The van der Waals surface area contributed by atoms with E-state index in [4.69, 9.17) is 4.74 Å². The predicted molar refractivity (Wildman–Crippen MR) is 126 cm³/mol. The zero-order valence-corrected chi connectivity index (χ0v) is 19.7. The summed E-state index contributed by atoms with van der Waals surface area (Å²) in [7, 11) is -2.54. The number of thiophene rings is 1. The van der Waals surface area contributed by atoms with E-state index in [1.807, 2.05) is 29.6 Å². The van der Waals surface area contributed by atoms with Gasteiger partial charge in [-0.3, -0.25) is 0 Å². The fourth-order valence-electron chi connectivity index (χ4n) is 3.92. The summed E-state index contributed by atoms with van der Waals surface area (Å²) in [4.78, 5) is 3.38. The van der Waals surface area contributed by atoms with Gasteiger partial charge in [-0.1, -0.05) is 18.2 Å². The van der Waals surface area contributed by atoms with E-state index in [1.165, 1.54) is 36.4 Å². The van der Waals surface area contributed by atoms with Gasteiger partial charge in [-0.25, -0.2) is 12.8 Å². The number of rotatable bonds is 9. The maximum atomic E-state index is 14.3. The molecular weight excluding hydrogens is 447 g/mol. The van der Waals surface area contributed by atoms with Crippen LogP contribution in [0.4, 0.5) is 10.1 Å². The Hall–Kier alpha value is -2.42. The van der Waals surface area contributed by atoms with Crippen molar-refractivity contribution in [2.24, 2.45) is 0 Å². The Balaban J connectivity index is 1.58. The largest absolute Gasteiger partial charge is 0.494 e. The number of hydrogen-bond donors (Lipinski definition) is 0. The number of anilines is 1. The molecule has 0 saturated carbocycles. The van der Waals surface area contributed by atoms with Crippen LogP contribution in [-0.4, -0.2) is 39.5 Å². The minimum Gasteiger partial charge on any atom is -0.494 e. The Bertz CT molecular complexity index is 1130. The van der Waals surface area contributed by atoms with E-state index in [2.05, 4.69) is 17.0 Å². The predicted octanol–water partition coefficient (Wildman–Crippen LogP) is 4.93. The van der Waals surface area contributed by atoms with Crippen LogP contribution in [-0.2, 0) is 23.0 Å². The Morgan fingerprint density at radius 1 is 1.09 bits per heavy atom. The van der Waals surface area contributed by atoms with Gasteiger partial charge in [-0.2, -0.15) is 4.31 Å². The molecule has 170 valence electrons. The average molecular weight is 475 g/mol. The SMILES string of the molecule is COc1ccc(S(=O)(=O)N(CCc2cccs2)Cc2ccc(N3CCCC3)cc2)cc1F. The van der Waals surface area contributed by atoms with E-state index in [1.54, 1.807) is 11.3 Å². The highest BCUT2D eigenvalue weighted by Crippen LogP contribution is 2.26. The van der Waals surface area contributed by atoms with Gasteiger partial charge in [0.05, 0.1) is 12.0 Å². The van der Waals surface area contributed by atoms with Crippen molar-refractivity contribution in [1.82, 2.24) is 4.31 Å². The lowest BCUT2D eigenvalue weighted by molar-refractivity contribution is 0.384. The Morgan fingerprint density at radius 2 is 1.84 bits per heavy atom. The van der Waals surface area contributed by atoms with Crippen molar-refractivity contribution >= 4 is 27.0 Å². The van der Waals surface area contributed by atoms with Crippen LogP contribution in [0.5, 0.6) is 5.75 Å². The monoisotopic (exact) mass is 474 g/mol. The summed E-state index contributed by atoms with van der Waals surface area (Å²) in [5.74, 6) is -0.673. The number of benzene rings is 2. The Kier molecular flexibility index (Phi) is 7.13. The topological polar surface area (TPSA) is 49.9 Å². The van der Waals surface area contributed by atoms with Crippen molar-refractivity contribution in [1.29, 1.82) is 0 Å². The zero-order chi connectivity index (χ0) is 22.6. The molecule has 4 rings (SSSR count). The lowest BCUT2D eigenvalue weighted by Crippen LogP contribution is -2.32. The van der Waals surface area contributed by atoms with Crippen molar-refractivity contribution in [3.63, 3.8) is 0 Å². The number of halogens is 1. The van der Waals surface area contributed by atoms with Crippen molar-refractivity contribution in [3.05, 3.63) is 76.2 Å². The third kappa shape index (κ3) is 5.14. The van der Waals surface area contributed by atoms with E-state index in [0.717, 1.165) is 35.3 Å². The van der Waals surface area contributed by atoms with Gasteiger partial charge in [0, 0.05) is 36.7 Å². The maximum absolute atomic E-state index is 14.3. The first-order valence-corrected chi connectivity index (χ1v) is 13.0. The van der Waals surface area contributed by atoms with Crippen LogP contribution >= 0.6 is 11.3 Å². The number of methoxy groups -OCH3 is 1. The summed E-state index contributed by atoms with van der Waals surface area (Å²) in [5.41, 5.74) is 2.06. The van der Waals surface area contributed by atoms with Crippen LogP contribution in [0.2, 0.25) is 0 Å². The van der Waals surface area contributed by atoms with Gasteiger partial charge in [0.2, 0.25) is 10.0 Å². The van der Waals surface area contributed by atoms with Crippen LogP contribution in [0, 0.1) is 5.82 Å². The summed E-state index contributed by atoms with van der Waals surface area (Å²) in [6.07, 6.45) is 3.01. The third-order valence-corrected chi connectivity index (χ3v) is 8.49. The molecule has 3 aromatic rings. The molecule has 0 unspecified atom stereocenters. The lowest BCUT2D eigenvalue weighted by atomic mass is 10.2. The van der Waals surface area contributed by atoms with E-state index in [0.29, 0.717) is 13.0 Å². The van der Waals surface area contributed by atoms with Crippen molar-refractivity contribution < 1.29 is 17.5 Å². The van der Waals surface area contributed by atoms with Gasteiger partial charge in [-0.05, 0) is 66.6 Å². The van der Waals surface area contributed by atoms with Crippen LogP contribution in [0.25, 0.3) is 0 Å². The van der Waals surface area contributed by atoms with E-state index >= 15 is 0 Å². The second-order valence-corrected chi connectivity index (χ2v) is 10.8. The quantitative estimate of drug-likeness (QED) is 0.441. The standard InChI is InChI=1S/C24H27FN2O3S2/c1-30-24-11-10-22(17-23(24)25)32(28,29)27(15-12-21-5-4-16-31-21)18-19-6-8-20(9-7-19)26-13-2-3-14-26/h4-11,16-17H,2-3,12-15,18H2,1H3. The van der Waals surface area contributed by atoms with Gasteiger partial charge < -0.3 is 9.64 Å². The van der Waals surface area contributed by atoms with Crippen LogP contribution in [0.3, 0.4) is 0 Å². The average Bonchev–Trinajstić information content (AvgIpc) is 3.51. The van der Waals surface area contributed by atoms with Crippen LogP contribution in [0.15, 0.2) is 64.9 Å². The van der Waals surface area contributed by atoms with E-state index in [9.17, 15) is 12.8 Å². The summed E-state index contributed by atoms with van der Waals surface area (Å²) in [6.45, 7) is 2.65. The molecule has 8 heteroatoms. The van der Waals surface area contributed by atoms with Crippen LogP contribution in [0.1, 0.15) is 23.3 Å². The summed E-state index contributed by atoms with van der Waals surface area (Å²) >= 11 is 1.60. The molecule has 1 fully saturated rings. The van der Waals surface area contributed by atoms with Gasteiger partial charge in [0.15, 0.2) is 11.6 Å². The molecular formula is C24H27FN2O3S2. The first kappa shape index (κ1) is 22.8. The Morgan fingerprint density at radius 3 is 2.47 bits per heavy atom. The number of hydrogen-bond acceptors (Lipinski definition) is 5. The second-order valence-electron chi connectivity index (χ2n) is 7.82. The molecule has 2 heterocycles. The minimum atomic E-state index is -3.89. The molecule has 1 aliphatic rings. The van der Waals surface area contributed by atoms with E-state index in [-0.39, 0.29) is 17.2 Å². The molecule has 0 radical (unpaired) electrons. The van der Waals surface area contributed by atoms with Gasteiger partial charge in [-0.15, -0.1) is 11.3 Å². The van der Waals surface area contributed by atoms with Crippen molar-refractivity contribution in [2.45, 2.75) is 30.7 Å². The highest BCUT2D eigenvalue weighted by Gasteiger charge is 2.26. The molecule has 32 heavy (non-hydrogen) atoms. The number of nitrogens with zero attached hydrogens (tertiary/aromatic N) is 2. The first-order chi connectivity index (χ1) is 15.5. The van der Waals surface area contributed by atoms with Gasteiger partial charge in [0.1, 0.15) is 0 Å². The second kappa shape index (κ2) is 10.0. The molecule has 2 aromatic carbocycles. The summed E-state index contributed by atoms with van der Waals surface area (Å²) in [5, 5.41) is 1.98. The van der Waals surface area contributed by atoms with Crippen LogP contribution < -0.4 is 9.64 Å². The molecule has 0 bridgehead atoms. The number of ether oxygens (including phenoxy) is 1.